The minimum Gasteiger partial charge on any atom is -0.299 e. The zero-order chi connectivity index (χ0) is 6.06. The third kappa shape index (κ3) is 0.300. The zero-order valence-electron chi connectivity index (χ0n) is 5.39. The predicted octanol–water partition coefficient (Wildman–Crippen LogP) is 1.38. The van der Waals surface area contributed by atoms with Crippen LogP contribution in [0.5, 0.6) is 0 Å². The van der Waals surface area contributed by atoms with Crippen LogP contribution in [0.15, 0.2) is 0 Å². The molecule has 0 aromatic carbocycles. The smallest absolute Gasteiger partial charge is 0.143 e. The molecule has 0 amide bonds. The van der Waals surface area contributed by atoms with Crippen LogP contribution in [-0.2, 0) is 4.79 Å². The second kappa shape index (κ2) is 0.979. The average Bonchev–Trinajstić information content (AvgIpc) is 2.39. The summed E-state index contributed by atoms with van der Waals surface area (Å²) in [6.45, 7) is 0. The third-order valence-corrected chi connectivity index (χ3v) is 3.61. The first-order valence-electron chi connectivity index (χ1n) is 3.87. The Morgan fingerprint density at radius 1 is 1.56 bits per heavy atom. The highest BCUT2D eigenvalue weighted by atomic mass is 16.1. The third-order valence-electron chi connectivity index (χ3n) is 3.61. The lowest BCUT2D eigenvalue weighted by molar-refractivity contribution is -0.114. The maximum atomic E-state index is 11.1. The fourth-order valence-electron chi connectivity index (χ4n) is 3.05. The minimum absolute atomic E-state index is 0.296. The van der Waals surface area contributed by atoms with Crippen molar-refractivity contribution in [2.24, 2.45) is 17.3 Å². The molecule has 1 heteroatoms. The van der Waals surface area contributed by atoms with E-state index in [9.17, 15) is 4.79 Å². The van der Waals surface area contributed by atoms with Gasteiger partial charge >= 0.3 is 0 Å². The molecular weight excluding hydrogens is 112 g/mol. The normalized spacial score (nSPS) is 60.2. The molecule has 1 spiro atoms. The summed E-state index contributed by atoms with van der Waals surface area (Å²) < 4.78 is 0. The van der Waals surface area contributed by atoms with Gasteiger partial charge in [0.15, 0.2) is 0 Å². The van der Waals surface area contributed by atoms with Gasteiger partial charge in [-0.1, -0.05) is 0 Å². The fraction of sp³-hybridized carbons (Fsp3) is 0.875. The molecule has 0 aromatic heterocycles. The Kier molecular flexibility index (Phi) is 0.487. The quantitative estimate of drug-likeness (QED) is 0.474. The van der Waals surface area contributed by atoms with Crippen molar-refractivity contribution in [2.45, 2.75) is 25.7 Å². The summed E-state index contributed by atoms with van der Waals surface area (Å²) >= 11 is 0. The summed E-state index contributed by atoms with van der Waals surface area (Å²) in [6, 6.07) is 0. The van der Waals surface area contributed by atoms with Gasteiger partial charge < -0.3 is 0 Å². The van der Waals surface area contributed by atoms with Crippen LogP contribution >= 0.6 is 0 Å². The highest BCUT2D eigenvalue weighted by Gasteiger charge is 2.71. The van der Waals surface area contributed by atoms with Gasteiger partial charge in [0.25, 0.3) is 0 Å². The van der Waals surface area contributed by atoms with Crippen LogP contribution in [0.25, 0.3) is 0 Å². The second-order valence-electron chi connectivity index (χ2n) is 3.92. The van der Waals surface area contributed by atoms with Crippen LogP contribution in [0.1, 0.15) is 25.7 Å². The van der Waals surface area contributed by atoms with Crippen molar-refractivity contribution in [1.82, 2.24) is 0 Å². The number of ketones is 1. The minimum atomic E-state index is 0.296. The maximum Gasteiger partial charge on any atom is 0.143 e. The van der Waals surface area contributed by atoms with E-state index in [1.165, 1.54) is 25.7 Å². The fourth-order valence-corrected chi connectivity index (χ4v) is 3.05. The summed E-state index contributed by atoms with van der Waals surface area (Å²) in [5.41, 5.74) is 0.296. The number of carbonyl (C=O) groups excluding carboxylic acids is 1. The van der Waals surface area contributed by atoms with Crippen LogP contribution in [0.2, 0.25) is 0 Å². The topological polar surface area (TPSA) is 17.1 Å². The van der Waals surface area contributed by atoms with Gasteiger partial charge in [0.05, 0.1) is 0 Å². The number of hydrogen-bond donors (Lipinski definition) is 0. The van der Waals surface area contributed by atoms with Gasteiger partial charge in [-0.3, -0.25) is 4.79 Å². The van der Waals surface area contributed by atoms with Gasteiger partial charge in [-0.05, 0) is 31.6 Å². The molecule has 9 heavy (non-hydrogen) atoms. The van der Waals surface area contributed by atoms with E-state index in [0.29, 0.717) is 17.1 Å². The van der Waals surface area contributed by atoms with Crippen LogP contribution < -0.4 is 0 Å². The molecule has 3 saturated carbocycles. The number of carbonyl (C=O) groups is 1. The standard InChI is InChI=1S/C8H10O/c9-7-6-3-5-1-2-8(6,7)4-5/h5-6H,1-4H2. The van der Waals surface area contributed by atoms with E-state index >= 15 is 0 Å². The van der Waals surface area contributed by atoms with E-state index in [1.807, 2.05) is 0 Å². The van der Waals surface area contributed by atoms with Crippen molar-refractivity contribution < 1.29 is 4.79 Å². The highest BCUT2D eigenvalue weighted by Crippen LogP contribution is 2.70. The molecule has 3 fully saturated rings. The van der Waals surface area contributed by atoms with E-state index in [0.717, 1.165) is 5.92 Å². The monoisotopic (exact) mass is 122 g/mol. The molecule has 48 valence electrons. The summed E-state index contributed by atoms with van der Waals surface area (Å²) in [6.07, 6.45) is 5.10. The first-order valence-corrected chi connectivity index (χ1v) is 3.87. The molecule has 0 saturated heterocycles. The van der Waals surface area contributed by atoms with Crippen molar-refractivity contribution in [1.29, 1.82) is 0 Å². The van der Waals surface area contributed by atoms with E-state index in [1.54, 1.807) is 0 Å². The molecule has 0 aromatic rings. The lowest BCUT2D eigenvalue weighted by Crippen LogP contribution is -1.93. The Hall–Kier alpha value is -0.330. The van der Waals surface area contributed by atoms with E-state index in [-0.39, 0.29) is 0 Å². The summed E-state index contributed by atoms with van der Waals surface area (Å²) in [4.78, 5) is 11.1. The van der Waals surface area contributed by atoms with Crippen LogP contribution in [0, 0.1) is 17.3 Å². The lowest BCUT2D eigenvalue weighted by atomic mass is 10.0. The first kappa shape index (κ1) is 4.48. The van der Waals surface area contributed by atoms with Gasteiger partial charge in [-0.2, -0.15) is 0 Å². The van der Waals surface area contributed by atoms with E-state index in [4.69, 9.17) is 0 Å². The molecule has 0 N–H and O–H groups in total. The lowest BCUT2D eigenvalue weighted by Gasteiger charge is -2.02. The average molecular weight is 122 g/mol. The Balaban J connectivity index is 2.10. The summed E-state index contributed by atoms with van der Waals surface area (Å²) in [7, 11) is 0. The van der Waals surface area contributed by atoms with E-state index in [2.05, 4.69) is 0 Å². The number of rotatable bonds is 0. The van der Waals surface area contributed by atoms with Gasteiger partial charge in [-0.25, -0.2) is 0 Å². The van der Waals surface area contributed by atoms with Gasteiger partial charge in [0.1, 0.15) is 5.78 Å². The molecule has 2 bridgehead atoms. The Labute approximate surface area is 54.4 Å². The molecule has 3 aliphatic rings. The second-order valence-corrected chi connectivity index (χ2v) is 3.92. The van der Waals surface area contributed by atoms with Gasteiger partial charge in [0, 0.05) is 11.3 Å². The zero-order valence-corrected chi connectivity index (χ0v) is 5.39. The molecule has 3 aliphatic carbocycles. The van der Waals surface area contributed by atoms with Crippen LogP contribution in [-0.4, -0.2) is 5.78 Å². The molecule has 3 rings (SSSR count). The van der Waals surface area contributed by atoms with Crippen LogP contribution in [0.4, 0.5) is 0 Å². The molecule has 0 heterocycles. The van der Waals surface area contributed by atoms with Gasteiger partial charge in [-0.15, -0.1) is 0 Å². The Morgan fingerprint density at radius 3 is 2.89 bits per heavy atom. The van der Waals surface area contributed by atoms with Crippen molar-refractivity contribution in [3.8, 4) is 0 Å². The number of fused-ring (bicyclic) bond motifs is 1. The van der Waals surface area contributed by atoms with Gasteiger partial charge in [0.2, 0.25) is 0 Å². The largest absolute Gasteiger partial charge is 0.299 e. The summed E-state index contributed by atoms with van der Waals surface area (Å²) in [5, 5.41) is 0. The maximum absolute atomic E-state index is 11.1. The van der Waals surface area contributed by atoms with Crippen molar-refractivity contribution in [2.75, 3.05) is 0 Å². The molecule has 0 aliphatic heterocycles. The van der Waals surface area contributed by atoms with Crippen molar-refractivity contribution in [3.05, 3.63) is 0 Å². The predicted molar refractivity (Wildman–Crippen MR) is 32.9 cm³/mol. The Morgan fingerprint density at radius 2 is 2.44 bits per heavy atom. The molecule has 0 radical (unpaired) electrons. The first-order chi connectivity index (χ1) is 4.33. The van der Waals surface area contributed by atoms with Crippen LogP contribution in [0.3, 0.4) is 0 Å². The van der Waals surface area contributed by atoms with Crippen molar-refractivity contribution >= 4 is 5.78 Å². The summed E-state index contributed by atoms with van der Waals surface area (Å²) in [5.74, 6) is 2.11. The molecular formula is C8H10O. The van der Waals surface area contributed by atoms with Crippen molar-refractivity contribution in [3.63, 3.8) is 0 Å². The SMILES string of the molecule is O=C1C2CC3CCC12C3. The number of hydrogen-bond acceptors (Lipinski definition) is 1. The number of Topliss-reactive ketones (excluding diaryl/α,β-unsaturated/α-hetero) is 1. The highest BCUT2D eigenvalue weighted by molar-refractivity contribution is 6.05. The van der Waals surface area contributed by atoms with E-state index < -0.39 is 0 Å². The molecule has 3 atom stereocenters. The Bertz CT molecular complexity index is 197. The molecule has 3 unspecified atom stereocenters. The molecule has 1 nitrogen and oxygen atoms in total.